The second-order valence-electron chi connectivity index (χ2n) is 10.8. The number of carbonyl (C=O) groups is 1. The third-order valence-corrected chi connectivity index (χ3v) is 9.03. The van der Waals surface area contributed by atoms with Crippen molar-refractivity contribution in [3.63, 3.8) is 0 Å². The molecule has 0 saturated carbocycles. The minimum absolute atomic E-state index is 0.185. The molecule has 1 atom stereocenters. The van der Waals surface area contributed by atoms with Gasteiger partial charge in [-0.3, -0.25) is 9.36 Å². The molecule has 1 aromatic heterocycles. The summed E-state index contributed by atoms with van der Waals surface area (Å²) in [7, 11) is 1.55. The van der Waals surface area contributed by atoms with Gasteiger partial charge < -0.3 is 14.2 Å². The number of thiazole rings is 1. The third kappa shape index (κ3) is 6.23. The van der Waals surface area contributed by atoms with Crippen LogP contribution in [-0.2, 0) is 16.1 Å². The number of halogens is 1. The van der Waals surface area contributed by atoms with E-state index in [0.29, 0.717) is 55.7 Å². The molecule has 0 saturated heterocycles. The average Bonchev–Trinajstić information content (AvgIpc) is 3.37. The number of allylic oxidation sites excluding steroid dienone is 1. The van der Waals surface area contributed by atoms with Gasteiger partial charge in [0.1, 0.15) is 24.1 Å². The van der Waals surface area contributed by atoms with Crippen LogP contribution in [0.15, 0.2) is 106 Å². The lowest BCUT2D eigenvalue weighted by Crippen LogP contribution is -2.40. The van der Waals surface area contributed by atoms with E-state index in [1.54, 1.807) is 36.8 Å². The predicted octanol–water partition coefficient (Wildman–Crippen LogP) is 6.97. The Labute approximate surface area is 275 Å². The Morgan fingerprint density at radius 3 is 2.63 bits per heavy atom. The molecule has 9 heteroatoms. The number of benzene rings is 4. The summed E-state index contributed by atoms with van der Waals surface area (Å²) in [4.78, 5) is 33.0. The van der Waals surface area contributed by atoms with Crippen molar-refractivity contribution in [2.45, 2.75) is 39.3 Å². The van der Waals surface area contributed by atoms with Gasteiger partial charge in [0, 0.05) is 10.6 Å². The van der Waals surface area contributed by atoms with Crippen LogP contribution in [0.4, 0.5) is 0 Å². The van der Waals surface area contributed by atoms with E-state index < -0.39 is 12.0 Å². The van der Waals surface area contributed by atoms with E-state index in [9.17, 15) is 9.59 Å². The fraction of sp³-hybridized carbons (Fsp3) is 0.216. The summed E-state index contributed by atoms with van der Waals surface area (Å²) in [5, 5.41) is 2.77. The van der Waals surface area contributed by atoms with E-state index in [0.717, 1.165) is 28.3 Å². The molecule has 0 spiro atoms. The number of nitrogens with zero attached hydrogens (tertiary/aromatic N) is 2. The molecular formula is C37H33ClN2O5S. The molecule has 234 valence electrons. The zero-order valence-electron chi connectivity index (χ0n) is 25.8. The van der Waals surface area contributed by atoms with Gasteiger partial charge in [-0.15, -0.1) is 0 Å². The van der Waals surface area contributed by atoms with Crippen LogP contribution in [-0.4, -0.2) is 24.3 Å². The van der Waals surface area contributed by atoms with E-state index in [1.165, 1.54) is 11.3 Å². The van der Waals surface area contributed by atoms with Crippen LogP contribution < -0.4 is 24.4 Å². The summed E-state index contributed by atoms with van der Waals surface area (Å²) in [6.45, 7) is 4.36. The zero-order valence-corrected chi connectivity index (χ0v) is 27.4. The lowest BCUT2D eigenvalue weighted by molar-refractivity contribution is -0.139. The summed E-state index contributed by atoms with van der Waals surface area (Å²) in [6.07, 6.45) is 3.12. The van der Waals surface area contributed by atoms with Crippen LogP contribution in [0.2, 0.25) is 5.02 Å². The molecule has 5 aromatic rings. The predicted molar refractivity (Wildman–Crippen MR) is 182 cm³/mol. The number of rotatable bonds is 10. The Morgan fingerprint density at radius 1 is 1.02 bits per heavy atom. The van der Waals surface area contributed by atoms with E-state index in [4.69, 9.17) is 30.8 Å². The quantitative estimate of drug-likeness (QED) is 0.152. The number of ether oxygens (including phenoxy) is 3. The van der Waals surface area contributed by atoms with Gasteiger partial charge in [0.05, 0.1) is 29.5 Å². The summed E-state index contributed by atoms with van der Waals surface area (Å²) in [6, 6.07) is 26.4. The third-order valence-electron chi connectivity index (χ3n) is 7.81. The molecule has 0 N–H and O–H groups in total. The maximum atomic E-state index is 14.2. The Balaban J connectivity index is 1.43. The molecule has 4 aromatic carbocycles. The van der Waals surface area contributed by atoms with Crippen molar-refractivity contribution in [2.75, 3.05) is 13.7 Å². The Hall–Kier alpha value is -4.66. The molecule has 6 rings (SSSR count). The van der Waals surface area contributed by atoms with Crippen LogP contribution >= 0.6 is 22.9 Å². The van der Waals surface area contributed by atoms with Gasteiger partial charge in [-0.25, -0.2) is 9.79 Å². The minimum atomic E-state index is -0.831. The highest BCUT2D eigenvalue weighted by molar-refractivity contribution is 7.07. The normalized spacial score (nSPS) is 14.6. The number of aromatic nitrogens is 1. The lowest BCUT2D eigenvalue weighted by Gasteiger charge is -2.27. The molecule has 7 nitrogen and oxygen atoms in total. The summed E-state index contributed by atoms with van der Waals surface area (Å²) in [5.41, 5.74) is 3.09. The molecule has 0 amide bonds. The van der Waals surface area contributed by atoms with Gasteiger partial charge in [0.15, 0.2) is 4.80 Å². The summed E-state index contributed by atoms with van der Waals surface area (Å²) < 4.78 is 19.4. The maximum Gasteiger partial charge on any atom is 0.338 e. The van der Waals surface area contributed by atoms with E-state index in [2.05, 4.69) is 24.3 Å². The number of hydrogen-bond acceptors (Lipinski definition) is 7. The minimum Gasteiger partial charge on any atom is -0.496 e. The number of esters is 1. The number of carbonyl (C=O) groups excluding carboxylic acids is 1. The van der Waals surface area contributed by atoms with Crippen molar-refractivity contribution in [2.24, 2.45) is 4.99 Å². The van der Waals surface area contributed by atoms with Crippen LogP contribution in [0, 0.1) is 0 Å². The Kier molecular flexibility index (Phi) is 9.38. The smallest absolute Gasteiger partial charge is 0.338 e. The highest BCUT2D eigenvalue weighted by Crippen LogP contribution is 2.38. The molecule has 0 unspecified atom stereocenters. The van der Waals surface area contributed by atoms with Crippen LogP contribution in [0.25, 0.3) is 16.8 Å². The Morgan fingerprint density at radius 2 is 1.83 bits per heavy atom. The highest BCUT2D eigenvalue weighted by atomic mass is 35.5. The topological polar surface area (TPSA) is 79.1 Å². The van der Waals surface area contributed by atoms with Gasteiger partial charge in [0.25, 0.3) is 5.56 Å². The van der Waals surface area contributed by atoms with Crippen LogP contribution in [0.1, 0.15) is 49.4 Å². The van der Waals surface area contributed by atoms with Crippen LogP contribution in [0.5, 0.6) is 11.5 Å². The van der Waals surface area contributed by atoms with Crippen molar-refractivity contribution >= 4 is 45.8 Å². The Bertz CT molecular complexity index is 2140. The number of hydrogen-bond donors (Lipinski definition) is 0. The first-order chi connectivity index (χ1) is 22.4. The molecule has 0 fully saturated rings. The largest absolute Gasteiger partial charge is 0.496 e. The number of fused-ring (bicyclic) bond motifs is 2. The zero-order chi connectivity index (χ0) is 32.2. The number of methoxy groups -OCH3 is 1. The lowest BCUT2D eigenvalue weighted by atomic mass is 9.93. The molecule has 0 radical (unpaired) electrons. The second-order valence-corrected chi connectivity index (χ2v) is 12.2. The molecular weight excluding hydrogens is 620 g/mol. The molecule has 2 heterocycles. The van der Waals surface area contributed by atoms with E-state index in [1.807, 2.05) is 55.5 Å². The SMILES string of the molecule is CCCC1=C(C(=O)OCC)[C@H](c2cc(Cl)ccc2OC)n2c(s/c(=C/c3cccc(OCc4cccc5ccccc45)c3)c2=O)=N1. The fourth-order valence-electron chi connectivity index (χ4n) is 5.76. The van der Waals surface area contributed by atoms with Gasteiger partial charge in [-0.05, 0) is 71.7 Å². The second kappa shape index (κ2) is 13.8. The van der Waals surface area contributed by atoms with Crippen molar-refractivity contribution in [3.8, 4) is 11.5 Å². The van der Waals surface area contributed by atoms with Gasteiger partial charge in [0.2, 0.25) is 0 Å². The first-order valence-corrected chi connectivity index (χ1v) is 16.4. The highest BCUT2D eigenvalue weighted by Gasteiger charge is 2.36. The molecule has 1 aliphatic heterocycles. The van der Waals surface area contributed by atoms with Crippen molar-refractivity contribution in [1.29, 1.82) is 0 Å². The van der Waals surface area contributed by atoms with Crippen LogP contribution in [0.3, 0.4) is 0 Å². The standard InChI is InChI=1S/C37H33ClN2O5S/c1-4-10-30-33(36(42)44-5-2)34(29-21-26(38)17-18-31(29)43-3)40-35(41)32(46-37(40)39-30)20-23-11-8-15-27(19-23)45-22-25-14-9-13-24-12-6-7-16-28(24)25/h6-9,11-21,34H,4-5,10,22H2,1-3H3/b32-20+/t34-/m0/s1. The maximum absolute atomic E-state index is 14.2. The van der Waals surface area contributed by atoms with Crippen molar-refractivity contribution < 1.29 is 19.0 Å². The molecule has 46 heavy (non-hydrogen) atoms. The fourth-order valence-corrected chi connectivity index (χ4v) is 6.96. The molecule has 0 aliphatic carbocycles. The average molecular weight is 653 g/mol. The van der Waals surface area contributed by atoms with Gasteiger partial charge in [-0.2, -0.15) is 0 Å². The summed E-state index contributed by atoms with van der Waals surface area (Å²) in [5.74, 6) is 0.664. The van der Waals surface area contributed by atoms with Gasteiger partial charge in [-0.1, -0.05) is 90.9 Å². The molecule has 1 aliphatic rings. The van der Waals surface area contributed by atoms with E-state index in [-0.39, 0.29) is 12.2 Å². The monoisotopic (exact) mass is 652 g/mol. The molecule has 0 bridgehead atoms. The van der Waals surface area contributed by atoms with E-state index >= 15 is 0 Å². The van der Waals surface area contributed by atoms with Crippen molar-refractivity contribution in [3.05, 3.63) is 138 Å². The first-order valence-electron chi connectivity index (χ1n) is 15.2. The first kappa shape index (κ1) is 31.3. The van der Waals surface area contributed by atoms with Crippen molar-refractivity contribution in [1.82, 2.24) is 4.57 Å². The van der Waals surface area contributed by atoms with Gasteiger partial charge >= 0.3 is 5.97 Å². The summed E-state index contributed by atoms with van der Waals surface area (Å²) >= 11 is 7.73.